The zero-order valence-corrected chi connectivity index (χ0v) is 12.1. The van der Waals surface area contributed by atoms with E-state index >= 15 is 0 Å². The fourth-order valence-electron chi connectivity index (χ4n) is 2.18. The van der Waals surface area contributed by atoms with Crippen molar-refractivity contribution in [1.29, 1.82) is 0 Å². The smallest absolute Gasteiger partial charge is 0.328 e. The fourth-order valence-corrected chi connectivity index (χ4v) is 2.89. The van der Waals surface area contributed by atoms with Crippen LogP contribution >= 0.6 is 11.3 Å². The second kappa shape index (κ2) is 5.69. The van der Waals surface area contributed by atoms with Crippen molar-refractivity contribution in [1.82, 2.24) is 14.5 Å². The van der Waals surface area contributed by atoms with Crippen LogP contribution < -0.4 is 11.2 Å². The second-order valence-electron chi connectivity index (χ2n) is 5.07. The monoisotopic (exact) mass is 305 g/mol. The van der Waals surface area contributed by atoms with Gasteiger partial charge in [0.2, 0.25) is 5.91 Å². The van der Waals surface area contributed by atoms with Gasteiger partial charge in [-0.2, -0.15) is 0 Å². The maximum absolute atomic E-state index is 12.4. The maximum Gasteiger partial charge on any atom is 0.328 e. The van der Waals surface area contributed by atoms with E-state index in [-0.39, 0.29) is 18.5 Å². The third-order valence-corrected chi connectivity index (χ3v) is 4.28. The molecule has 1 aliphatic rings. The second-order valence-corrected chi connectivity index (χ2v) is 6.10. The molecule has 2 aromatic rings. The van der Waals surface area contributed by atoms with Crippen molar-refractivity contribution in [2.24, 2.45) is 0 Å². The summed E-state index contributed by atoms with van der Waals surface area (Å²) in [5.41, 5.74) is -1.01. The van der Waals surface area contributed by atoms with Crippen molar-refractivity contribution in [3.8, 4) is 0 Å². The van der Waals surface area contributed by atoms with E-state index in [1.807, 2.05) is 22.4 Å². The summed E-state index contributed by atoms with van der Waals surface area (Å²) in [5, 5.41) is 1.98. The Morgan fingerprint density at radius 2 is 2.19 bits per heavy atom. The first kappa shape index (κ1) is 13.8. The largest absolute Gasteiger partial charge is 0.333 e. The SMILES string of the molecule is O=C(Cn1ccc(=O)[nH]c1=O)N(Cc1cccs1)C1CC1. The summed E-state index contributed by atoms with van der Waals surface area (Å²) in [6.07, 6.45) is 3.38. The standard InChI is InChI=1S/C14H15N3O3S/c18-12-5-6-16(14(20)15-12)9-13(19)17(10-3-4-10)8-11-2-1-7-21-11/h1-2,5-7,10H,3-4,8-9H2,(H,15,18,20). The lowest BCUT2D eigenvalue weighted by atomic mass is 10.3. The molecule has 7 heteroatoms. The number of carbonyl (C=O) groups is 1. The molecule has 2 heterocycles. The van der Waals surface area contributed by atoms with Gasteiger partial charge in [0.05, 0.1) is 6.54 Å². The molecule has 1 N–H and O–H groups in total. The molecule has 6 nitrogen and oxygen atoms in total. The van der Waals surface area contributed by atoms with E-state index in [9.17, 15) is 14.4 Å². The van der Waals surface area contributed by atoms with E-state index in [0.29, 0.717) is 6.54 Å². The molecule has 0 aliphatic heterocycles. The summed E-state index contributed by atoms with van der Waals surface area (Å²) in [7, 11) is 0. The molecule has 0 radical (unpaired) electrons. The zero-order valence-electron chi connectivity index (χ0n) is 11.3. The molecule has 1 aliphatic carbocycles. The molecule has 3 rings (SSSR count). The Hall–Kier alpha value is -2.15. The Balaban J connectivity index is 1.75. The molecular weight excluding hydrogens is 290 g/mol. The number of carbonyl (C=O) groups excluding carboxylic acids is 1. The highest BCUT2D eigenvalue weighted by Gasteiger charge is 2.32. The van der Waals surface area contributed by atoms with E-state index in [1.165, 1.54) is 16.8 Å². The number of hydrogen-bond acceptors (Lipinski definition) is 4. The van der Waals surface area contributed by atoms with Gasteiger partial charge in [-0.05, 0) is 24.3 Å². The van der Waals surface area contributed by atoms with E-state index in [2.05, 4.69) is 4.98 Å². The molecule has 21 heavy (non-hydrogen) atoms. The number of hydrogen-bond donors (Lipinski definition) is 1. The van der Waals surface area contributed by atoms with Gasteiger partial charge in [0.25, 0.3) is 5.56 Å². The molecule has 0 unspecified atom stereocenters. The minimum absolute atomic E-state index is 0.0442. The van der Waals surface area contributed by atoms with Crippen LogP contribution in [0.15, 0.2) is 39.4 Å². The molecule has 2 aromatic heterocycles. The van der Waals surface area contributed by atoms with Gasteiger partial charge >= 0.3 is 5.69 Å². The topological polar surface area (TPSA) is 75.2 Å². The molecule has 0 atom stereocenters. The number of aromatic nitrogens is 2. The van der Waals surface area contributed by atoms with Crippen molar-refractivity contribution in [3.63, 3.8) is 0 Å². The van der Waals surface area contributed by atoms with Crippen molar-refractivity contribution >= 4 is 17.2 Å². The Bertz CT molecular complexity index is 743. The van der Waals surface area contributed by atoms with Crippen LogP contribution in [-0.4, -0.2) is 26.4 Å². The van der Waals surface area contributed by atoms with Crippen LogP contribution in [0.25, 0.3) is 0 Å². The predicted molar refractivity (Wildman–Crippen MR) is 79.2 cm³/mol. The van der Waals surface area contributed by atoms with Gasteiger partial charge in [-0.15, -0.1) is 11.3 Å². The molecular formula is C14H15N3O3S. The minimum Gasteiger partial charge on any atom is -0.333 e. The molecule has 110 valence electrons. The summed E-state index contributed by atoms with van der Waals surface area (Å²) >= 11 is 1.62. The first-order chi connectivity index (χ1) is 10.1. The summed E-state index contributed by atoms with van der Waals surface area (Å²) in [5.74, 6) is -0.0972. The average molecular weight is 305 g/mol. The van der Waals surface area contributed by atoms with E-state index in [4.69, 9.17) is 0 Å². The molecule has 0 bridgehead atoms. The molecule has 1 saturated carbocycles. The number of amides is 1. The summed E-state index contributed by atoms with van der Waals surface area (Å²) in [6, 6.07) is 5.48. The number of nitrogens with zero attached hydrogens (tertiary/aromatic N) is 2. The summed E-state index contributed by atoms with van der Waals surface area (Å²) in [4.78, 5) is 40.2. The third-order valence-electron chi connectivity index (χ3n) is 3.42. The van der Waals surface area contributed by atoms with Crippen LogP contribution in [0, 0.1) is 0 Å². The summed E-state index contributed by atoms with van der Waals surface area (Å²) in [6.45, 7) is 0.538. The van der Waals surface area contributed by atoms with Crippen LogP contribution in [-0.2, 0) is 17.9 Å². The molecule has 1 fully saturated rings. The first-order valence-corrected chi connectivity index (χ1v) is 7.63. The van der Waals surface area contributed by atoms with Gasteiger partial charge in [-0.1, -0.05) is 6.07 Å². The number of nitrogens with one attached hydrogen (secondary N) is 1. The predicted octanol–water partition coefficient (Wildman–Crippen LogP) is 0.789. The lowest BCUT2D eigenvalue weighted by Gasteiger charge is -2.22. The Morgan fingerprint density at radius 1 is 1.38 bits per heavy atom. The average Bonchev–Trinajstić information content (AvgIpc) is 3.16. The normalized spacial score (nSPS) is 14.1. The van der Waals surface area contributed by atoms with Crippen molar-refractivity contribution in [2.45, 2.75) is 32.0 Å². The van der Waals surface area contributed by atoms with Gasteiger partial charge in [-0.25, -0.2) is 4.79 Å². The first-order valence-electron chi connectivity index (χ1n) is 6.75. The van der Waals surface area contributed by atoms with Gasteiger partial charge < -0.3 is 4.90 Å². The Labute approximate surface area is 124 Å². The number of thiophene rings is 1. The van der Waals surface area contributed by atoms with Gasteiger partial charge in [-0.3, -0.25) is 19.1 Å². The van der Waals surface area contributed by atoms with Gasteiger partial charge in [0.1, 0.15) is 6.54 Å². The van der Waals surface area contributed by atoms with Gasteiger partial charge in [0, 0.05) is 23.2 Å². The fraction of sp³-hybridized carbons (Fsp3) is 0.357. The quantitative estimate of drug-likeness (QED) is 0.887. The minimum atomic E-state index is -0.553. The van der Waals surface area contributed by atoms with E-state index in [0.717, 1.165) is 17.7 Å². The number of H-pyrrole nitrogens is 1. The van der Waals surface area contributed by atoms with Gasteiger partial charge in [0.15, 0.2) is 0 Å². The molecule has 0 saturated heterocycles. The van der Waals surface area contributed by atoms with Crippen molar-refractivity contribution in [3.05, 3.63) is 55.5 Å². The van der Waals surface area contributed by atoms with Crippen molar-refractivity contribution in [2.75, 3.05) is 0 Å². The highest BCUT2D eigenvalue weighted by Crippen LogP contribution is 2.29. The van der Waals surface area contributed by atoms with E-state index < -0.39 is 11.2 Å². The highest BCUT2D eigenvalue weighted by atomic mass is 32.1. The van der Waals surface area contributed by atoms with Crippen LogP contribution in [0.2, 0.25) is 0 Å². The maximum atomic E-state index is 12.4. The Morgan fingerprint density at radius 3 is 2.81 bits per heavy atom. The third kappa shape index (κ3) is 3.30. The number of aromatic amines is 1. The molecule has 0 spiro atoms. The zero-order chi connectivity index (χ0) is 14.8. The lowest BCUT2D eigenvalue weighted by Crippen LogP contribution is -2.39. The van der Waals surface area contributed by atoms with Crippen LogP contribution in [0.1, 0.15) is 17.7 Å². The van der Waals surface area contributed by atoms with Crippen LogP contribution in [0.5, 0.6) is 0 Å². The summed E-state index contributed by atoms with van der Waals surface area (Å²) < 4.78 is 1.23. The molecule has 0 aromatic carbocycles. The van der Waals surface area contributed by atoms with Crippen molar-refractivity contribution < 1.29 is 4.79 Å². The number of rotatable bonds is 5. The van der Waals surface area contributed by atoms with Crippen LogP contribution in [0.3, 0.4) is 0 Å². The highest BCUT2D eigenvalue weighted by molar-refractivity contribution is 7.09. The van der Waals surface area contributed by atoms with Crippen LogP contribution in [0.4, 0.5) is 0 Å². The van der Waals surface area contributed by atoms with E-state index in [1.54, 1.807) is 11.3 Å². The molecule has 1 amide bonds. The Kier molecular flexibility index (Phi) is 3.74. The lowest BCUT2D eigenvalue weighted by molar-refractivity contribution is -0.133.